The van der Waals surface area contributed by atoms with Crippen molar-refractivity contribution < 1.29 is 23.6 Å². The highest BCUT2D eigenvalue weighted by Gasteiger charge is 2.40. The van der Waals surface area contributed by atoms with E-state index in [9.17, 15) is 9.36 Å². The molecule has 20 heavy (non-hydrogen) atoms. The Morgan fingerprint density at radius 3 is 2.85 bits per heavy atom. The fourth-order valence-electron chi connectivity index (χ4n) is 2.01. The number of hydrogen-bond donors (Lipinski definition) is 4. The summed E-state index contributed by atoms with van der Waals surface area (Å²) in [7, 11) is -4.66. The highest BCUT2D eigenvalue weighted by Crippen LogP contribution is 2.43. The van der Waals surface area contributed by atoms with E-state index in [2.05, 4.69) is 9.51 Å². The molecular weight excluding hydrogens is 291 g/mol. The number of nitrogens with two attached hydrogens (primary N) is 2. The molecule has 0 aliphatic carbocycles. The lowest BCUT2D eigenvalue weighted by atomic mass is 10.2. The molecular formula is C9H15N4O6P. The van der Waals surface area contributed by atoms with E-state index in [1.165, 1.54) is 16.8 Å². The number of phosphoric acid groups is 1. The number of nitrogen functional groups attached to an aromatic ring is 1. The van der Waals surface area contributed by atoms with Gasteiger partial charge in [-0.15, -0.1) is 0 Å². The third-order valence-corrected chi connectivity index (χ3v) is 3.39. The van der Waals surface area contributed by atoms with Crippen LogP contribution in [-0.4, -0.2) is 38.1 Å². The van der Waals surface area contributed by atoms with Crippen LogP contribution in [0.1, 0.15) is 12.6 Å². The Hall–Kier alpha value is -1.29. The van der Waals surface area contributed by atoms with Crippen molar-refractivity contribution in [3.63, 3.8) is 0 Å². The Labute approximate surface area is 113 Å². The van der Waals surface area contributed by atoms with Gasteiger partial charge in [0.15, 0.2) is 0 Å². The number of aromatic nitrogens is 2. The Morgan fingerprint density at radius 2 is 2.30 bits per heavy atom. The van der Waals surface area contributed by atoms with Gasteiger partial charge in [0.05, 0.1) is 6.10 Å². The minimum atomic E-state index is -4.66. The van der Waals surface area contributed by atoms with E-state index in [1.54, 1.807) is 0 Å². The average Bonchev–Trinajstić information content (AvgIpc) is 2.69. The number of rotatable bonds is 4. The van der Waals surface area contributed by atoms with Crippen LogP contribution in [0.25, 0.3) is 0 Å². The molecule has 1 aliphatic rings. The summed E-state index contributed by atoms with van der Waals surface area (Å²) in [6, 6.07) is 1.42. The molecule has 1 aromatic heterocycles. The lowest BCUT2D eigenvalue weighted by Gasteiger charge is -2.17. The lowest BCUT2D eigenvalue weighted by molar-refractivity contribution is -0.0150. The number of ether oxygens (including phenoxy) is 1. The van der Waals surface area contributed by atoms with Crippen molar-refractivity contribution >= 4 is 13.6 Å². The zero-order valence-electron chi connectivity index (χ0n) is 10.3. The van der Waals surface area contributed by atoms with Crippen molar-refractivity contribution in [2.45, 2.75) is 24.9 Å². The Bertz CT molecular complexity index is 586. The van der Waals surface area contributed by atoms with Crippen molar-refractivity contribution in [2.75, 3.05) is 12.3 Å². The first-order chi connectivity index (χ1) is 9.30. The molecule has 11 heteroatoms. The van der Waals surface area contributed by atoms with Gasteiger partial charge in [0.2, 0.25) is 0 Å². The molecule has 1 aromatic rings. The monoisotopic (exact) mass is 306 g/mol. The van der Waals surface area contributed by atoms with Crippen LogP contribution in [0.15, 0.2) is 17.1 Å². The Balaban J connectivity index is 2.20. The molecule has 10 nitrogen and oxygen atoms in total. The molecule has 3 atom stereocenters. The summed E-state index contributed by atoms with van der Waals surface area (Å²) in [5.74, 6) is 0.0719. The maximum atomic E-state index is 11.7. The van der Waals surface area contributed by atoms with Crippen LogP contribution in [-0.2, 0) is 13.8 Å². The fraction of sp³-hybridized carbons (Fsp3) is 0.556. The zero-order chi connectivity index (χ0) is 14.9. The second-order valence-corrected chi connectivity index (χ2v) is 5.47. The fourth-order valence-corrected chi connectivity index (χ4v) is 2.59. The molecule has 1 fully saturated rings. The molecule has 2 heterocycles. The van der Waals surface area contributed by atoms with Crippen LogP contribution in [0.5, 0.6) is 0 Å². The maximum Gasteiger partial charge on any atom is 0.469 e. The minimum Gasteiger partial charge on any atom is -0.383 e. The predicted molar refractivity (Wildman–Crippen MR) is 67.4 cm³/mol. The quantitative estimate of drug-likeness (QED) is 0.487. The van der Waals surface area contributed by atoms with Crippen LogP contribution in [0.4, 0.5) is 5.82 Å². The number of hydrogen-bond acceptors (Lipinski definition) is 7. The summed E-state index contributed by atoms with van der Waals surface area (Å²) in [6.45, 7) is -0.00167. The molecule has 0 unspecified atom stereocenters. The largest absolute Gasteiger partial charge is 0.469 e. The first kappa shape index (κ1) is 15.1. The summed E-state index contributed by atoms with van der Waals surface area (Å²) >= 11 is 0. The SMILES string of the molecule is NC[C@H]1O[C@@H](n2ccc(N)nc2=O)C[C@@H]1OP(=O)(O)O. The minimum absolute atomic E-state index is 0.00167. The summed E-state index contributed by atoms with van der Waals surface area (Å²) in [5, 5.41) is 0. The first-order valence-electron chi connectivity index (χ1n) is 5.74. The Morgan fingerprint density at radius 1 is 1.60 bits per heavy atom. The summed E-state index contributed by atoms with van der Waals surface area (Å²) in [5.41, 5.74) is 10.2. The van der Waals surface area contributed by atoms with Gasteiger partial charge < -0.3 is 26.0 Å². The van der Waals surface area contributed by atoms with Gasteiger partial charge in [-0.05, 0) is 6.07 Å². The molecule has 0 saturated carbocycles. The smallest absolute Gasteiger partial charge is 0.383 e. The van der Waals surface area contributed by atoms with Gasteiger partial charge in [0, 0.05) is 19.2 Å². The van der Waals surface area contributed by atoms with Gasteiger partial charge in [0.1, 0.15) is 18.1 Å². The highest BCUT2D eigenvalue weighted by atomic mass is 31.2. The van der Waals surface area contributed by atoms with Crippen molar-refractivity contribution in [1.82, 2.24) is 9.55 Å². The molecule has 112 valence electrons. The maximum absolute atomic E-state index is 11.7. The number of anilines is 1. The molecule has 1 aliphatic heterocycles. The third-order valence-electron chi connectivity index (χ3n) is 2.85. The van der Waals surface area contributed by atoms with E-state index in [0.717, 1.165) is 0 Å². The second kappa shape index (κ2) is 5.60. The third kappa shape index (κ3) is 3.42. The van der Waals surface area contributed by atoms with E-state index < -0.39 is 31.9 Å². The van der Waals surface area contributed by atoms with Crippen LogP contribution in [0.2, 0.25) is 0 Å². The molecule has 2 rings (SSSR count). The molecule has 0 amide bonds. The molecule has 0 radical (unpaired) electrons. The van der Waals surface area contributed by atoms with Crippen LogP contribution in [0.3, 0.4) is 0 Å². The summed E-state index contributed by atoms with van der Waals surface area (Å²) in [4.78, 5) is 32.9. The Kier molecular flexibility index (Phi) is 4.23. The van der Waals surface area contributed by atoms with Crippen LogP contribution >= 0.6 is 7.82 Å². The standard InChI is InChI=1S/C9H15N4O6P/c10-4-6-5(19-20(15,16)17)3-8(18-6)13-2-1-7(11)12-9(13)14/h1-2,5-6,8H,3-4,10H2,(H2,11,12,14)(H2,15,16,17)/t5-,6+,8+/m0/s1. The van der Waals surface area contributed by atoms with Gasteiger partial charge >= 0.3 is 13.5 Å². The number of nitrogens with zero attached hydrogens (tertiary/aromatic N) is 2. The zero-order valence-corrected chi connectivity index (χ0v) is 11.2. The molecule has 6 N–H and O–H groups in total. The average molecular weight is 306 g/mol. The van der Waals surface area contributed by atoms with E-state index in [4.69, 9.17) is 26.0 Å². The van der Waals surface area contributed by atoms with Crippen LogP contribution < -0.4 is 17.2 Å². The van der Waals surface area contributed by atoms with Gasteiger partial charge in [0.25, 0.3) is 0 Å². The van der Waals surface area contributed by atoms with E-state index in [-0.39, 0.29) is 18.8 Å². The molecule has 1 saturated heterocycles. The normalized spacial score (nSPS) is 26.9. The molecule has 0 bridgehead atoms. The van der Waals surface area contributed by atoms with Crippen molar-refractivity contribution in [1.29, 1.82) is 0 Å². The van der Waals surface area contributed by atoms with Gasteiger partial charge in [-0.2, -0.15) is 4.98 Å². The number of phosphoric ester groups is 1. The molecule has 0 spiro atoms. The van der Waals surface area contributed by atoms with E-state index >= 15 is 0 Å². The van der Waals surface area contributed by atoms with Gasteiger partial charge in [-0.25, -0.2) is 9.36 Å². The van der Waals surface area contributed by atoms with E-state index in [0.29, 0.717) is 0 Å². The van der Waals surface area contributed by atoms with E-state index in [1.807, 2.05) is 0 Å². The molecule has 0 aromatic carbocycles. The lowest BCUT2D eigenvalue weighted by Crippen LogP contribution is -2.31. The highest BCUT2D eigenvalue weighted by molar-refractivity contribution is 7.46. The van der Waals surface area contributed by atoms with Crippen molar-refractivity contribution in [3.05, 3.63) is 22.7 Å². The van der Waals surface area contributed by atoms with Gasteiger partial charge in [-0.3, -0.25) is 9.09 Å². The van der Waals surface area contributed by atoms with Gasteiger partial charge in [-0.1, -0.05) is 0 Å². The first-order valence-corrected chi connectivity index (χ1v) is 7.27. The van der Waals surface area contributed by atoms with Crippen molar-refractivity contribution in [2.24, 2.45) is 5.73 Å². The predicted octanol–water partition coefficient (Wildman–Crippen LogP) is -1.45. The summed E-state index contributed by atoms with van der Waals surface area (Å²) in [6.07, 6.45) is -0.936. The van der Waals surface area contributed by atoms with Crippen molar-refractivity contribution in [3.8, 4) is 0 Å². The topological polar surface area (TPSA) is 163 Å². The second-order valence-electron chi connectivity index (χ2n) is 4.28. The van der Waals surface area contributed by atoms with Crippen LogP contribution in [0, 0.1) is 0 Å². The summed E-state index contributed by atoms with van der Waals surface area (Å²) < 4.78 is 22.1.